The van der Waals surface area contributed by atoms with E-state index in [-0.39, 0.29) is 35.8 Å². The average molecular weight is 401 g/mol. The number of H-pyrrole nitrogens is 1. The van der Waals surface area contributed by atoms with Crippen molar-refractivity contribution in [2.75, 3.05) is 6.54 Å². The Morgan fingerprint density at radius 2 is 1.89 bits per heavy atom. The van der Waals surface area contributed by atoms with E-state index in [1.807, 2.05) is 30.3 Å². The van der Waals surface area contributed by atoms with Gasteiger partial charge in [0.05, 0.1) is 5.56 Å². The molecule has 3 aromatic rings. The Kier molecular flexibility index (Phi) is 6.49. The van der Waals surface area contributed by atoms with Gasteiger partial charge in [-0.25, -0.2) is 4.39 Å². The zero-order valence-electron chi connectivity index (χ0n) is 14.9. The maximum Gasteiger partial charge on any atom is 0.273 e. The highest BCUT2D eigenvalue weighted by molar-refractivity contribution is 6.30. The lowest BCUT2D eigenvalue weighted by atomic mass is 10.1. The van der Waals surface area contributed by atoms with Crippen LogP contribution in [-0.4, -0.2) is 27.6 Å². The van der Waals surface area contributed by atoms with E-state index >= 15 is 0 Å². The fourth-order valence-electron chi connectivity index (χ4n) is 2.64. The lowest BCUT2D eigenvalue weighted by Gasteiger charge is -2.06. The summed E-state index contributed by atoms with van der Waals surface area (Å²) in [5.74, 6) is -0.761. The van der Waals surface area contributed by atoms with Crippen molar-refractivity contribution < 1.29 is 9.18 Å². The summed E-state index contributed by atoms with van der Waals surface area (Å²) in [5.41, 5.74) is 0.794. The van der Waals surface area contributed by atoms with Gasteiger partial charge in [-0.05, 0) is 30.2 Å². The smallest absolute Gasteiger partial charge is 0.273 e. The number of rotatable bonds is 7. The Balaban J connectivity index is 1.55. The van der Waals surface area contributed by atoms with Gasteiger partial charge in [0.15, 0.2) is 5.82 Å². The van der Waals surface area contributed by atoms with E-state index in [4.69, 9.17) is 11.6 Å². The summed E-state index contributed by atoms with van der Waals surface area (Å²) in [4.78, 5) is 26.6. The molecule has 6 nitrogen and oxygen atoms in total. The Morgan fingerprint density at radius 3 is 2.64 bits per heavy atom. The van der Waals surface area contributed by atoms with Gasteiger partial charge in [0.25, 0.3) is 5.56 Å². The number of halogens is 2. The molecule has 8 heteroatoms. The molecule has 2 aromatic carbocycles. The average Bonchev–Trinajstić information content (AvgIpc) is 2.69. The van der Waals surface area contributed by atoms with E-state index in [0.29, 0.717) is 11.6 Å². The molecule has 0 fully saturated rings. The number of nitrogens with zero attached hydrogens (tertiary/aromatic N) is 2. The fraction of sp³-hybridized carbons (Fsp3) is 0.200. The molecule has 0 aliphatic rings. The van der Waals surface area contributed by atoms with Gasteiger partial charge in [0, 0.05) is 24.4 Å². The van der Waals surface area contributed by atoms with Crippen LogP contribution in [0.3, 0.4) is 0 Å². The van der Waals surface area contributed by atoms with E-state index in [0.717, 1.165) is 12.0 Å². The van der Waals surface area contributed by atoms with Crippen LogP contribution in [0.1, 0.15) is 17.7 Å². The minimum absolute atomic E-state index is 0.0129. The normalized spacial score (nSPS) is 10.6. The summed E-state index contributed by atoms with van der Waals surface area (Å²) in [6.45, 7) is 0.512. The SMILES string of the molecule is O=C(CCc1nnc(-c2cc(Cl)ccc2F)[nH]c1=O)NCCc1ccccc1. The molecule has 1 aromatic heterocycles. The minimum atomic E-state index is -0.570. The number of carbonyl (C=O) groups excluding carboxylic acids is 1. The number of aromatic nitrogens is 3. The summed E-state index contributed by atoms with van der Waals surface area (Å²) >= 11 is 5.85. The van der Waals surface area contributed by atoms with Crippen LogP contribution in [0, 0.1) is 5.82 Å². The van der Waals surface area contributed by atoms with Crippen molar-refractivity contribution in [3.8, 4) is 11.4 Å². The van der Waals surface area contributed by atoms with Crippen LogP contribution in [0.5, 0.6) is 0 Å². The van der Waals surface area contributed by atoms with Crippen molar-refractivity contribution >= 4 is 17.5 Å². The number of nitrogens with one attached hydrogen (secondary N) is 2. The number of amides is 1. The number of hydrogen-bond acceptors (Lipinski definition) is 4. The number of hydrogen-bond donors (Lipinski definition) is 2. The fourth-order valence-corrected chi connectivity index (χ4v) is 2.81. The topological polar surface area (TPSA) is 87.7 Å². The summed E-state index contributed by atoms with van der Waals surface area (Å²) in [7, 11) is 0. The molecule has 0 radical (unpaired) electrons. The molecule has 28 heavy (non-hydrogen) atoms. The zero-order valence-corrected chi connectivity index (χ0v) is 15.7. The van der Waals surface area contributed by atoms with Crippen LogP contribution in [0.4, 0.5) is 4.39 Å². The Hall–Kier alpha value is -3.06. The van der Waals surface area contributed by atoms with Crippen molar-refractivity contribution in [2.24, 2.45) is 0 Å². The summed E-state index contributed by atoms with van der Waals surface area (Å²) in [5, 5.41) is 10.8. The van der Waals surface area contributed by atoms with Crippen molar-refractivity contribution in [1.29, 1.82) is 0 Å². The first kappa shape index (κ1) is 19.7. The van der Waals surface area contributed by atoms with E-state index < -0.39 is 11.4 Å². The number of carbonyl (C=O) groups is 1. The molecule has 2 N–H and O–H groups in total. The molecule has 0 unspecified atom stereocenters. The van der Waals surface area contributed by atoms with Gasteiger partial charge < -0.3 is 10.3 Å². The molecule has 0 aliphatic carbocycles. The Labute approximate surface area is 165 Å². The van der Waals surface area contributed by atoms with Crippen molar-refractivity contribution in [3.63, 3.8) is 0 Å². The molecule has 0 atom stereocenters. The van der Waals surface area contributed by atoms with Crippen molar-refractivity contribution in [2.45, 2.75) is 19.3 Å². The molecule has 0 aliphatic heterocycles. The molecular formula is C20H18ClFN4O2. The lowest BCUT2D eigenvalue weighted by Crippen LogP contribution is -2.27. The quantitative estimate of drug-likeness (QED) is 0.638. The first-order chi connectivity index (χ1) is 13.5. The van der Waals surface area contributed by atoms with Crippen LogP contribution >= 0.6 is 11.6 Å². The van der Waals surface area contributed by atoms with Crippen LogP contribution in [-0.2, 0) is 17.6 Å². The third-order valence-electron chi connectivity index (χ3n) is 4.12. The molecule has 0 bridgehead atoms. The van der Waals surface area contributed by atoms with Crippen LogP contribution < -0.4 is 10.9 Å². The predicted octanol–water partition coefficient (Wildman–Crippen LogP) is 2.92. The Bertz CT molecular complexity index is 1020. The second-order valence-electron chi connectivity index (χ2n) is 6.16. The highest BCUT2D eigenvalue weighted by Gasteiger charge is 2.12. The highest BCUT2D eigenvalue weighted by Crippen LogP contribution is 2.22. The maximum absolute atomic E-state index is 13.9. The highest BCUT2D eigenvalue weighted by atomic mass is 35.5. The van der Waals surface area contributed by atoms with Gasteiger partial charge in [-0.3, -0.25) is 9.59 Å². The monoisotopic (exact) mass is 400 g/mol. The first-order valence-electron chi connectivity index (χ1n) is 8.75. The second kappa shape index (κ2) is 9.23. The van der Waals surface area contributed by atoms with E-state index in [1.54, 1.807) is 0 Å². The van der Waals surface area contributed by atoms with Crippen LogP contribution in [0.25, 0.3) is 11.4 Å². The third kappa shape index (κ3) is 5.23. The van der Waals surface area contributed by atoms with E-state index in [2.05, 4.69) is 20.5 Å². The van der Waals surface area contributed by atoms with Gasteiger partial charge in [-0.1, -0.05) is 41.9 Å². The molecular weight excluding hydrogens is 383 g/mol. The van der Waals surface area contributed by atoms with Gasteiger partial charge >= 0.3 is 0 Å². The maximum atomic E-state index is 13.9. The predicted molar refractivity (Wildman–Crippen MR) is 105 cm³/mol. The van der Waals surface area contributed by atoms with E-state index in [9.17, 15) is 14.0 Å². The standard InChI is InChI=1S/C20H18ClFN4O2/c21-14-6-7-16(22)15(12-14)19-24-20(28)17(25-26-19)8-9-18(27)23-11-10-13-4-2-1-3-5-13/h1-7,12H,8-11H2,(H,23,27)(H,24,26,28). The van der Waals surface area contributed by atoms with Gasteiger partial charge in [-0.15, -0.1) is 10.2 Å². The Morgan fingerprint density at radius 1 is 1.11 bits per heavy atom. The number of benzene rings is 2. The molecule has 1 amide bonds. The molecule has 0 saturated carbocycles. The first-order valence-corrected chi connectivity index (χ1v) is 9.12. The van der Waals surface area contributed by atoms with Crippen LogP contribution in [0.2, 0.25) is 5.02 Å². The second-order valence-corrected chi connectivity index (χ2v) is 6.60. The lowest BCUT2D eigenvalue weighted by molar-refractivity contribution is -0.121. The van der Waals surface area contributed by atoms with Gasteiger partial charge in [-0.2, -0.15) is 0 Å². The van der Waals surface area contributed by atoms with Crippen LogP contribution in [0.15, 0.2) is 53.3 Å². The third-order valence-corrected chi connectivity index (χ3v) is 4.35. The van der Waals surface area contributed by atoms with Gasteiger partial charge in [0.2, 0.25) is 5.91 Å². The minimum Gasteiger partial charge on any atom is -0.356 e. The molecule has 144 valence electrons. The summed E-state index contributed by atoms with van der Waals surface area (Å²) < 4.78 is 13.9. The van der Waals surface area contributed by atoms with E-state index in [1.165, 1.54) is 18.2 Å². The zero-order chi connectivity index (χ0) is 19.9. The number of aromatic amines is 1. The summed E-state index contributed by atoms with van der Waals surface area (Å²) in [6.07, 6.45) is 0.974. The number of aryl methyl sites for hydroxylation is 1. The van der Waals surface area contributed by atoms with Crippen molar-refractivity contribution in [1.82, 2.24) is 20.5 Å². The summed E-state index contributed by atoms with van der Waals surface area (Å²) in [6, 6.07) is 13.8. The molecule has 0 saturated heterocycles. The van der Waals surface area contributed by atoms with Crippen molar-refractivity contribution in [3.05, 3.63) is 81.0 Å². The largest absolute Gasteiger partial charge is 0.356 e. The van der Waals surface area contributed by atoms with Gasteiger partial charge in [0.1, 0.15) is 11.5 Å². The molecule has 0 spiro atoms. The molecule has 3 rings (SSSR count). The molecule has 1 heterocycles.